The molecule has 0 amide bonds. The number of amidine groups is 1. The van der Waals surface area contributed by atoms with Crippen molar-refractivity contribution in [3.63, 3.8) is 0 Å². The second-order valence-electron chi connectivity index (χ2n) is 4.48. The number of nitrogens with two attached hydrogens (primary N) is 1. The Labute approximate surface area is 117 Å². The zero-order chi connectivity index (χ0) is 14.5. The molecule has 4 heteroatoms. The van der Waals surface area contributed by atoms with Gasteiger partial charge in [0.25, 0.3) is 0 Å². The van der Waals surface area contributed by atoms with E-state index < -0.39 is 0 Å². The van der Waals surface area contributed by atoms with Crippen molar-refractivity contribution in [1.82, 2.24) is 0 Å². The van der Waals surface area contributed by atoms with Crippen LogP contribution in [0.3, 0.4) is 0 Å². The van der Waals surface area contributed by atoms with Crippen molar-refractivity contribution >= 4 is 11.6 Å². The van der Waals surface area contributed by atoms with E-state index in [9.17, 15) is 4.79 Å². The molecule has 3 N–H and O–H groups in total. The first-order valence-corrected chi connectivity index (χ1v) is 6.23. The molecule has 102 valence electrons. The maximum Gasteiger partial charge on any atom is 0.159 e. The zero-order valence-electron chi connectivity index (χ0n) is 11.2. The number of ether oxygens (including phenoxy) is 1. The molecule has 0 fully saturated rings. The highest BCUT2D eigenvalue weighted by Crippen LogP contribution is 2.15. The summed E-state index contributed by atoms with van der Waals surface area (Å²) in [5, 5.41) is 7.32. The van der Waals surface area contributed by atoms with Gasteiger partial charge in [0.1, 0.15) is 18.2 Å². The summed E-state index contributed by atoms with van der Waals surface area (Å²) in [6.07, 6.45) is 0. The minimum absolute atomic E-state index is 0.0383. The molecule has 2 rings (SSSR count). The minimum atomic E-state index is 0.0383. The molecule has 0 atom stereocenters. The summed E-state index contributed by atoms with van der Waals surface area (Å²) in [4.78, 5) is 11.2. The van der Waals surface area contributed by atoms with E-state index in [4.69, 9.17) is 15.9 Å². The normalized spacial score (nSPS) is 10.1. The standard InChI is InChI=1S/C16H16N2O2/c1-11(19)13-6-8-15(9-7-13)20-10-12-2-4-14(5-3-12)16(17)18/h2-9H,10H2,1H3,(H3,17,18). The Kier molecular flexibility index (Phi) is 4.15. The van der Waals surface area contributed by atoms with Crippen LogP contribution in [0, 0.1) is 5.41 Å². The van der Waals surface area contributed by atoms with Gasteiger partial charge < -0.3 is 10.5 Å². The van der Waals surface area contributed by atoms with E-state index >= 15 is 0 Å². The van der Waals surface area contributed by atoms with Gasteiger partial charge in [-0.05, 0) is 36.8 Å². The van der Waals surface area contributed by atoms with E-state index in [-0.39, 0.29) is 11.6 Å². The second-order valence-corrected chi connectivity index (χ2v) is 4.48. The molecule has 0 heterocycles. The third-order valence-corrected chi connectivity index (χ3v) is 2.93. The van der Waals surface area contributed by atoms with E-state index in [0.29, 0.717) is 23.5 Å². The number of benzene rings is 2. The van der Waals surface area contributed by atoms with Crippen LogP contribution in [0.4, 0.5) is 0 Å². The summed E-state index contributed by atoms with van der Waals surface area (Å²) in [5.74, 6) is 0.805. The molecular weight excluding hydrogens is 252 g/mol. The van der Waals surface area contributed by atoms with Crippen LogP contribution in [0.5, 0.6) is 5.75 Å². The number of hydrogen-bond donors (Lipinski definition) is 2. The van der Waals surface area contributed by atoms with Crippen molar-refractivity contribution in [2.24, 2.45) is 5.73 Å². The van der Waals surface area contributed by atoms with Crippen LogP contribution >= 0.6 is 0 Å². The van der Waals surface area contributed by atoms with Crippen LogP contribution in [0.1, 0.15) is 28.4 Å². The van der Waals surface area contributed by atoms with Crippen LogP contribution in [0.25, 0.3) is 0 Å². The van der Waals surface area contributed by atoms with Crippen molar-refractivity contribution in [2.45, 2.75) is 13.5 Å². The molecule has 0 saturated heterocycles. The van der Waals surface area contributed by atoms with E-state index in [0.717, 1.165) is 5.56 Å². The Hall–Kier alpha value is -2.62. The van der Waals surface area contributed by atoms with Gasteiger partial charge in [0, 0.05) is 11.1 Å². The Morgan fingerprint density at radius 3 is 2.10 bits per heavy atom. The number of carbonyl (C=O) groups is 1. The largest absolute Gasteiger partial charge is 0.489 e. The zero-order valence-corrected chi connectivity index (χ0v) is 11.2. The number of carbonyl (C=O) groups excluding carboxylic acids is 1. The molecule has 20 heavy (non-hydrogen) atoms. The van der Waals surface area contributed by atoms with Gasteiger partial charge in [-0.1, -0.05) is 24.3 Å². The van der Waals surface area contributed by atoms with Crippen LogP contribution < -0.4 is 10.5 Å². The first-order valence-electron chi connectivity index (χ1n) is 6.23. The summed E-state index contributed by atoms with van der Waals surface area (Å²) in [5.41, 5.74) is 7.75. The second kappa shape index (κ2) is 6.02. The summed E-state index contributed by atoms with van der Waals surface area (Å²) in [7, 11) is 0. The van der Waals surface area contributed by atoms with Crippen LogP contribution in [-0.2, 0) is 6.61 Å². The van der Waals surface area contributed by atoms with Gasteiger partial charge in [-0.25, -0.2) is 0 Å². The van der Waals surface area contributed by atoms with Crippen molar-refractivity contribution in [3.8, 4) is 5.75 Å². The lowest BCUT2D eigenvalue weighted by atomic mass is 10.1. The summed E-state index contributed by atoms with van der Waals surface area (Å²) in [6.45, 7) is 1.96. The van der Waals surface area contributed by atoms with Crippen molar-refractivity contribution < 1.29 is 9.53 Å². The van der Waals surface area contributed by atoms with Gasteiger partial charge >= 0.3 is 0 Å². The van der Waals surface area contributed by atoms with Crippen molar-refractivity contribution in [3.05, 3.63) is 65.2 Å². The van der Waals surface area contributed by atoms with Gasteiger partial charge in [0.2, 0.25) is 0 Å². The molecule has 2 aromatic carbocycles. The molecule has 0 unspecified atom stereocenters. The number of nitrogen functional groups attached to an aromatic ring is 1. The highest BCUT2D eigenvalue weighted by atomic mass is 16.5. The first-order chi connectivity index (χ1) is 9.56. The maximum atomic E-state index is 11.2. The SMILES string of the molecule is CC(=O)c1ccc(OCc2ccc(C(=N)N)cc2)cc1. The predicted molar refractivity (Wildman–Crippen MR) is 78.2 cm³/mol. The number of nitrogens with one attached hydrogen (secondary N) is 1. The lowest BCUT2D eigenvalue weighted by molar-refractivity contribution is 0.101. The number of ketones is 1. The molecule has 4 nitrogen and oxygen atoms in total. The van der Waals surface area contributed by atoms with Gasteiger partial charge in [0.05, 0.1) is 0 Å². The summed E-state index contributed by atoms with van der Waals surface area (Å²) < 4.78 is 5.63. The number of hydrogen-bond acceptors (Lipinski definition) is 3. The van der Waals surface area contributed by atoms with Gasteiger partial charge in [-0.2, -0.15) is 0 Å². The molecule has 0 bridgehead atoms. The topological polar surface area (TPSA) is 76.2 Å². The Morgan fingerprint density at radius 2 is 1.60 bits per heavy atom. The highest BCUT2D eigenvalue weighted by Gasteiger charge is 2.01. The average Bonchev–Trinajstić information content (AvgIpc) is 2.46. The smallest absolute Gasteiger partial charge is 0.159 e. The lowest BCUT2D eigenvalue weighted by Crippen LogP contribution is -2.10. The van der Waals surface area contributed by atoms with Crippen LogP contribution in [0.15, 0.2) is 48.5 Å². The Morgan fingerprint density at radius 1 is 1.05 bits per heavy atom. The number of Topliss-reactive ketones (excluding diaryl/α,β-unsaturated/α-hetero) is 1. The van der Waals surface area contributed by atoms with E-state index in [1.165, 1.54) is 6.92 Å². The van der Waals surface area contributed by atoms with E-state index in [1.807, 2.05) is 12.1 Å². The van der Waals surface area contributed by atoms with Crippen molar-refractivity contribution in [1.29, 1.82) is 5.41 Å². The fourth-order valence-electron chi connectivity index (χ4n) is 1.73. The maximum absolute atomic E-state index is 11.2. The van der Waals surface area contributed by atoms with E-state index in [1.54, 1.807) is 36.4 Å². The third-order valence-electron chi connectivity index (χ3n) is 2.93. The Balaban J connectivity index is 1.97. The molecule has 0 aliphatic rings. The fraction of sp³-hybridized carbons (Fsp3) is 0.125. The predicted octanol–water partition coefficient (Wildman–Crippen LogP) is 2.75. The molecule has 0 spiro atoms. The molecule has 0 radical (unpaired) electrons. The Bertz CT molecular complexity index is 558. The molecule has 0 aliphatic carbocycles. The summed E-state index contributed by atoms with van der Waals surface area (Å²) >= 11 is 0. The molecule has 0 aliphatic heterocycles. The summed E-state index contributed by atoms with van der Waals surface area (Å²) in [6, 6.07) is 14.4. The molecule has 2 aromatic rings. The van der Waals surface area contributed by atoms with E-state index in [2.05, 4.69) is 0 Å². The lowest BCUT2D eigenvalue weighted by Gasteiger charge is -2.07. The highest BCUT2D eigenvalue weighted by molar-refractivity contribution is 5.95. The molecule has 0 aromatic heterocycles. The quantitative estimate of drug-likeness (QED) is 0.497. The average molecular weight is 268 g/mol. The molecular formula is C16H16N2O2. The number of rotatable bonds is 5. The minimum Gasteiger partial charge on any atom is -0.489 e. The van der Waals surface area contributed by atoms with Crippen LogP contribution in [0.2, 0.25) is 0 Å². The third kappa shape index (κ3) is 3.45. The molecule has 0 saturated carbocycles. The van der Waals surface area contributed by atoms with Crippen molar-refractivity contribution in [2.75, 3.05) is 0 Å². The van der Waals surface area contributed by atoms with Gasteiger partial charge in [-0.3, -0.25) is 10.2 Å². The fourth-order valence-corrected chi connectivity index (χ4v) is 1.73. The first kappa shape index (κ1) is 13.8. The monoisotopic (exact) mass is 268 g/mol. The van der Waals surface area contributed by atoms with Gasteiger partial charge in [-0.15, -0.1) is 0 Å². The van der Waals surface area contributed by atoms with Crippen LogP contribution in [-0.4, -0.2) is 11.6 Å². The van der Waals surface area contributed by atoms with Gasteiger partial charge in [0.15, 0.2) is 5.78 Å².